The van der Waals surface area contributed by atoms with Crippen molar-refractivity contribution in [3.63, 3.8) is 0 Å². The molecule has 0 aliphatic carbocycles. The third-order valence-electron chi connectivity index (χ3n) is 5.72. The summed E-state index contributed by atoms with van der Waals surface area (Å²) < 4.78 is 8.06. The largest absolute Gasteiger partial charge is 0.485 e. The highest BCUT2D eigenvalue weighted by atomic mass is 32.2. The first kappa shape index (κ1) is 21.3. The number of rotatable bonds is 8. The zero-order valence-electron chi connectivity index (χ0n) is 18.2. The van der Waals surface area contributed by atoms with E-state index in [2.05, 4.69) is 35.0 Å². The van der Waals surface area contributed by atoms with Gasteiger partial charge in [0.15, 0.2) is 11.0 Å². The number of amides is 1. The van der Waals surface area contributed by atoms with Crippen LogP contribution in [-0.4, -0.2) is 33.0 Å². The van der Waals surface area contributed by atoms with Crippen molar-refractivity contribution in [1.82, 2.24) is 14.8 Å². The van der Waals surface area contributed by atoms with Gasteiger partial charge in [-0.3, -0.25) is 9.36 Å². The summed E-state index contributed by atoms with van der Waals surface area (Å²) in [4.78, 5) is 14.8. The molecule has 4 aromatic rings. The maximum Gasteiger partial charge on any atom is 0.237 e. The Bertz CT molecular complexity index is 1310. The van der Waals surface area contributed by atoms with Crippen LogP contribution in [0.2, 0.25) is 0 Å². The van der Waals surface area contributed by atoms with Crippen LogP contribution in [0, 0.1) is 0 Å². The summed E-state index contributed by atoms with van der Waals surface area (Å²) in [7, 11) is 0. The Kier molecular flexibility index (Phi) is 6.13. The van der Waals surface area contributed by atoms with Gasteiger partial charge >= 0.3 is 0 Å². The van der Waals surface area contributed by atoms with Crippen LogP contribution >= 0.6 is 11.8 Å². The number of carbonyl (C=O) groups is 1. The summed E-state index contributed by atoms with van der Waals surface area (Å²) in [5, 5.41) is 11.5. The van der Waals surface area contributed by atoms with Gasteiger partial charge < -0.3 is 9.64 Å². The number of aromatic nitrogens is 3. The number of nitrogens with zero attached hydrogens (tertiary/aromatic N) is 4. The van der Waals surface area contributed by atoms with Crippen molar-refractivity contribution < 1.29 is 9.53 Å². The van der Waals surface area contributed by atoms with Gasteiger partial charge in [-0.1, -0.05) is 72.4 Å². The number of ether oxygens (including phenoxy) is 1. The summed E-state index contributed by atoms with van der Waals surface area (Å²) >= 11 is 1.40. The van der Waals surface area contributed by atoms with Gasteiger partial charge in [-0.05, 0) is 29.5 Å². The summed E-state index contributed by atoms with van der Waals surface area (Å²) in [5.74, 6) is 1.88. The van der Waals surface area contributed by atoms with E-state index >= 15 is 0 Å². The maximum atomic E-state index is 12.9. The van der Waals surface area contributed by atoms with Crippen molar-refractivity contribution in [2.75, 3.05) is 17.2 Å². The normalized spacial score (nSPS) is 12.7. The molecule has 1 aromatic heterocycles. The van der Waals surface area contributed by atoms with Crippen LogP contribution in [0.25, 0.3) is 10.8 Å². The summed E-state index contributed by atoms with van der Waals surface area (Å²) in [6.07, 6.45) is 2.70. The molecule has 6 nitrogen and oxygen atoms in total. The van der Waals surface area contributed by atoms with Gasteiger partial charge in [-0.25, -0.2) is 0 Å². The first-order valence-electron chi connectivity index (χ1n) is 10.9. The first-order valence-corrected chi connectivity index (χ1v) is 11.9. The number of thioether (sulfide) groups is 1. The van der Waals surface area contributed by atoms with Gasteiger partial charge in [0.2, 0.25) is 5.91 Å². The molecule has 33 heavy (non-hydrogen) atoms. The number of para-hydroxylation sites is 1. The molecule has 2 heterocycles. The molecule has 0 unspecified atom stereocenters. The summed E-state index contributed by atoms with van der Waals surface area (Å²) in [5.41, 5.74) is 2.23. The fourth-order valence-electron chi connectivity index (χ4n) is 4.11. The van der Waals surface area contributed by atoms with Gasteiger partial charge in [-0.15, -0.1) is 16.8 Å². The number of hydrogen-bond acceptors (Lipinski definition) is 5. The van der Waals surface area contributed by atoms with Gasteiger partial charge in [0.1, 0.15) is 12.4 Å². The van der Waals surface area contributed by atoms with E-state index in [9.17, 15) is 4.79 Å². The molecule has 0 N–H and O–H groups in total. The number of benzene rings is 3. The Morgan fingerprint density at radius 2 is 1.88 bits per heavy atom. The average molecular weight is 457 g/mol. The lowest BCUT2D eigenvalue weighted by Crippen LogP contribution is -2.30. The predicted molar refractivity (Wildman–Crippen MR) is 132 cm³/mol. The minimum absolute atomic E-state index is 0.0756. The molecule has 0 fully saturated rings. The molecular formula is C26H24N4O2S. The van der Waals surface area contributed by atoms with Crippen molar-refractivity contribution in [3.8, 4) is 5.75 Å². The van der Waals surface area contributed by atoms with E-state index in [-0.39, 0.29) is 12.5 Å². The Hall–Kier alpha value is -3.58. The Balaban J connectivity index is 1.28. The van der Waals surface area contributed by atoms with Crippen molar-refractivity contribution in [2.24, 2.45) is 0 Å². The molecule has 0 saturated heterocycles. The lowest BCUT2D eigenvalue weighted by Gasteiger charge is -2.17. The predicted octanol–water partition coefficient (Wildman–Crippen LogP) is 4.88. The monoisotopic (exact) mass is 456 g/mol. The van der Waals surface area contributed by atoms with Crippen LogP contribution in [0.1, 0.15) is 11.4 Å². The maximum absolute atomic E-state index is 12.9. The van der Waals surface area contributed by atoms with Crippen LogP contribution in [-0.2, 0) is 24.4 Å². The zero-order chi connectivity index (χ0) is 22.6. The number of hydrogen-bond donors (Lipinski definition) is 0. The number of fused-ring (bicyclic) bond motifs is 2. The lowest BCUT2D eigenvalue weighted by molar-refractivity contribution is -0.116. The van der Waals surface area contributed by atoms with E-state index in [4.69, 9.17) is 4.74 Å². The third-order valence-corrected chi connectivity index (χ3v) is 6.68. The van der Waals surface area contributed by atoms with E-state index in [1.54, 1.807) is 6.08 Å². The van der Waals surface area contributed by atoms with Gasteiger partial charge in [0.05, 0.1) is 5.75 Å². The molecule has 0 spiro atoms. The van der Waals surface area contributed by atoms with Crippen LogP contribution in [0.4, 0.5) is 5.69 Å². The van der Waals surface area contributed by atoms with E-state index in [0.717, 1.165) is 35.2 Å². The summed E-state index contributed by atoms with van der Waals surface area (Å²) in [6.45, 7) is 5.41. The van der Waals surface area contributed by atoms with E-state index in [0.29, 0.717) is 23.3 Å². The molecule has 3 aromatic carbocycles. The average Bonchev–Trinajstić information content (AvgIpc) is 3.45. The Labute approximate surface area is 196 Å². The van der Waals surface area contributed by atoms with Crippen LogP contribution in [0.15, 0.2) is 84.5 Å². The molecular weight excluding hydrogens is 432 g/mol. The van der Waals surface area contributed by atoms with Crippen molar-refractivity contribution in [1.29, 1.82) is 0 Å². The topological polar surface area (TPSA) is 60.2 Å². The van der Waals surface area contributed by atoms with Crippen LogP contribution in [0.5, 0.6) is 5.75 Å². The number of carbonyl (C=O) groups excluding carboxylic acids is 1. The standard InChI is InChI=1S/C26H24N4O2S/c1-2-15-30-24(17-32-23-13-7-10-19-8-3-5-11-21(19)23)27-28-26(30)33-18-25(31)29-16-14-20-9-4-6-12-22(20)29/h2-13H,1,14-18H2. The third kappa shape index (κ3) is 4.36. The molecule has 1 aliphatic heterocycles. The van der Waals surface area contributed by atoms with Crippen LogP contribution in [0.3, 0.4) is 0 Å². The van der Waals surface area contributed by atoms with Crippen molar-refractivity contribution in [2.45, 2.75) is 24.7 Å². The zero-order valence-corrected chi connectivity index (χ0v) is 19.0. The van der Waals surface area contributed by atoms with E-state index < -0.39 is 0 Å². The molecule has 0 atom stereocenters. The van der Waals surface area contributed by atoms with Gasteiger partial charge in [0.25, 0.3) is 0 Å². The first-order chi connectivity index (χ1) is 16.2. The minimum Gasteiger partial charge on any atom is -0.485 e. The van der Waals surface area contributed by atoms with Gasteiger partial charge in [0, 0.05) is 24.2 Å². The van der Waals surface area contributed by atoms with Gasteiger partial charge in [-0.2, -0.15) is 0 Å². The molecule has 5 rings (SSSR count). The summed E-state index contributed by atoms with van der Waals surface area (Å²) in [6, 6.07) is 22.2. The molecule has 0 saturated carbocycles. The van der Waals surface area contributed by atoms with E-state index in [1.807, 2.05) is 58.0 Å². The minimum atomic E-state index is 0.0756. The smallest absolute Gasteiger partial charge is 0.237 e. The molecule has 7 heteroatoms. The fourth-order valence-corrected chi connectivity index (χ4v) is 4.95. The lowest BCUT2D eigenvalue weighted by atomic mass is 10.1. The molecule has 0 bridgehead atoms. The van der Waals surface area contributed by atoms with Crippen molar-refractivity contribution in [3.05, 3.63) is 90.8 Å². The second-order valence-electron chi connectivity index (χ2n) is 7.78. The Morgan fingerprint density at radius 1 is 1.06 bits per heavy atom. The quantitative estimate of drug-likeness (QED) is 0.279. The molecule has 0 radical (unpaired) electrons. The molecule has 1 amide bonds. The Morgan fingerprint density at radius 3 is 2.79 bits per heavy atom. The fraction of sp³-hybridized carbons (Fsp3) is 0.192. The SMILES string of the molecule is C=CCn1c(COc2cccc3ccccc23)nnc1SCC(=O)N1CCc2ccccc21. The highest BCUT2D eigenvalue weighted by Crippen LogP contribution is 2.29. The highest BCUT2D eigenvalue weighted by molar-refractivity contribution is 7.99. The highest BCUT2D eigenvalue weighted by Gasteiger charge is 2.25. The molecule has 1 aliphatic rings. The number of anilines is 1. The van der Waals surface area contributed by atoms with E-state index in [1.165, 1.54) is 17.3 Å². The second kappa shape index (κ2) is 9.50. The van der Waals surface area contributed by atoms with Crippen molar-refractivity contribution >= 4 is 34.1 Å². The molecule has 166 valence electrons. The number of allylic oxidation sites excluding steroid dienone is 1. The van der Waals surface area contributed by atoms with Crippen LogP contribution < -0.4 is 9.64 Å². The second-order valence-corrected chi connectivity index (χ2v) is 8.72.